The summed E-state index contributed by atoms with van der Waals surface area (Å²) in [6.07, 6.45) is 0. The molecule has 13 aromatic rings. The molecule has 0 amide bonds. The molecule has 8 nitrogen and oxygen atoms in total. The van der Waals surface area contributed by atoms with Crippen molar-refractivity contribution in [2.75, 3.05) is 0 Å². The molecular weight excluding hydrogens is 827 g/mol. The van der Waals surface area contributed by atoms with Gasteiger partial charge in [-0.05, 0) is 100 Å². The van der Waals surface area contributed by atoms with Crippen LogP contribution in [0.2, 0.25) is 0 Å². The lowest BCUT2D eigenvalue weighted by Gasteiger charge is -2.10. The summed E-state index contributed by atoms with van der Waals surface area (Å²) in [6.45, 7) is 0. The molecule has 314 valence electrons. The highest BCUT2D eigenvalue weighted by molar-refractivity contribution is 6.06. The van der Waals surface area contributed by atoms with Crippen LogP contribution >= 0.6 is 0 Å². The van der Waals surface area contributed by atoms with Crippen molar-refractivity contribution < 1.29 is 13.3 Å². The zero-order valence-corrected chi connectivity index (χ0v) is 35.7. The number of nitrogens with zero attached hydrogens (tertiary/aromatic N) is 5. The van der Waals surface area contributed by atoms with E-state index in [0.717, 1.165) is 105 Å². The first kappa shape index (κ1) is 38.2. The lowest BCUT2D eigenvalue weighted by Crippen LogP contribution is -2.00. The van der Waals surface area contributed by atoms with Crippen molar-refractivity contribution in [2.45, 2.75) is 0 Å². The van der Waals surface area contributed by atoms with Gasteiger partial charge in [-0.15, -0.1) is 0 Å². The van der Waals surface area contributed by atoms with Crippen LogP contribution < -0.4 is 0 Å². The number of para-hydroxylation sites is 1. The van der Waals surface area contributed by atoms with E-state index < -0.39 is 0 Å². The van der Waals surface area contributed by atoms with E-state index >= 15 is 0 Å². The zero-order chi connectivity index (χ0) is 44.3. The maximum atomic E-state index is 6.10. The number of hydrogen-bond donors (Lipinski definition) is 0. The minimum Gasteiger partial charge on any atom is -0.456 e. The van der Waals surface area contributed by atoms with Gasteiger partial charge in [0, 0.05) is 38.6 Å². The Bertz CT molecular complexity index is 3770. The van der Waals surface area contributed by atoms with Gasteiger partial charge in [0.25, 0.3) is 0 Å². The van der Waals surface area contributed by atoms with E-state index in [1.165, 1.54) is 0 Å². The van der Waals surface area contributed by atoms with E-state index in [0.29, 0.717) is 29.3 Å². The Morgan fingerprint density at radius 1 is 0.224 bits per heavy atom. The van der Waals surface area contributed by atoms with Crippen molar-refractivity contribution in [1.29, 1.82) is 0 Å². The monoisotopic (exact) mass is 861 g/mol. The predicted octanol–water partition coefficient (Wildman–Crippen LogP) is 15.4. The summed E-state index contributed by atoms with van der Waals surface area (Å²) in [5.74, 6) is 2.92. The largest absolute Gasteiger partial charge is 0.456 e. The van der Waals surface area contributed by atoms with Crippen molar-refractivity contribution in [3.8, 4) is 90.5 Å². The van der Waals surface area contributed by atoms with E-state index in [9.17, 15) is 0 Å². The summed E-state index contributed by atoms with van der Waals surface area (Å²) in [5.41, 5.74) is 15.7. The molecule has 4 aromatic heterocycles. The van der Waals surface area contributed by atoms with Gasteiger partial charge in [0.1, 0.15) is 22.2 Å². The molecular formula is C59H35N5O3. The summed E-state index contributed by atoms with van der Waals surface area (Å²) in [6, 6.07) is 71.6. The molecule has 0 saturated carbocycles. The second kappa shape index (κ2) is 15.8. The van der Waals surface area contributed by atoms with Gasteiger partial charge in [-0.3, -0.25) is 0 Å². The van der Waals surface area contributed by atoms with Crippen LogP contribution in [0, 0.1) is 0 Å². The second-order valence-corrected chi connectivity index (χ2v) is 16.5. The number of fused-ring (bicyclic) bond motifs is 5. The van der Waals surface area contributed by atoms with Crippen molar-refractivity contribution in [3.63, 3.8) is 0 Å². The summed E-state index contributed by atoms with van der Waals surface area (Å²) in [5, 5.41) is 2.19. The number of oxazole rings is 2. The summed E-state index contributed by atoms with van der Waals surface area (Å²) >= 11 is 0. The highest BCUT2D eigenvalue weighted by Crippen LogP contribution is 2.35. The fourth-order valence-electron chi connectivity index (χ4n) is 8.73. The van der Waals surface area contributed by atoms with Crippen LogP contribution in [0.1, 0.15) is 0 Å². The van der Waals surface area contributed by atoms with Gasteiger partial charge in [0.2, 0.25) is 11.8 Å². The molecule has 67 heavy (non-hydrogen) atoms. The molecule has 0 aliphatic carbocycles. The normalized spacial score (nSPS) is 11.6. The Labute approximate surface area is 383 Å². The first-order valence-corrected chi connectivity index (χ1v) is 22.0. The molecule has 0 N–H and O–H groups in total. The maximum absolute atomic E-state index is 6.10. The van der Waals surface area contributed by atoms with E-state index in [-0.39, 0.29) is 0 Å². The summed E-state index contributed by atoms with van der Waals surface area (Å²) < 4.78 is 18.3. The predicted molar refractivity (Wildman–Crippen MR) is 266 cm³/mol. The Kier molecular flexibility index (Phi) is 8.99. The van der Waals surface area contributed by atoms with Crippen molar-refractivity contribution in [2.24, 2.45) is 0 Å². The molecule has 0 radical (unpaired) electrons. The second-order valence-electron chi connectivity index (χ2n) is 16.5. The van der Waals surface area contributed by atoms with Crippen LogP contribution in [0.4, 0.5) is 0 Å². The van der Waals surface area contributed by atoms with Crippen LogP contribution in [-0.4, -0.2) is 24.9 Å². The average Bonchev–Trinajstić information content (AvgIpc) is 4.14. The Hall–Kier alpha value is -9.27. The molecule has 13 rings (SSSR count). The molecule has 9 aromatic carbocycles. The van der Waals surface area contributed by atoms with Crippen LogP contribution in [0.5, 0.6) is 0 Å². The summed E-state index contributed by atoms with van der Waals surface area (Å²) in [4.78, 5) is 24.9. The van der Waals surface area contributed by atoms with E-state index in [4.69, 9.17) is 38.2 Å². The van der Waals surface area contributed by atoms with Gasteiger partial charge < -0.3 is 13.3 Å². The topological polar surface area (TPSA) is 104 Å². The number of benzene rings is 9. The van der Waals surface area contributed by atoms with Gasteiger partial charge in [-0.2, -0.15) is 0 Å². The SMILES string of the molecule is c1ccc(-c2nc3cc(-c4ccc(-c5nc(-c6ccc(-c7ccc8oc(-c9ccccc9)nc8c7)cc6)nc(-c6ccc(-c7ccc8oc9ccccc9c8c7)cc6)n5)cc4)ccc3o2)cc1. The molecule has 0 aliphatic heterocycles. The van der Waals surface area contributed by atoms with Crippen molar-refractivity contribution in [1.82, 2.24) is 24.9 Å². The molecule has 0 unspecified atom stereocenters. The van der Waals surface area contributed by atoms with Gasteiger partial charge in [0.05, 0.1) is 0 Å². The molecule has 0 fully saturated rings. The zero-order valence-electron chi connectivity index (χ0n) is 35.7. The average molecular weight is 862 g/mol. The number of aromatic nitrogens is 5. The van der Waals surface area contributed by atoms with Gasteiger partial charge in [-0.25, -0.2) is 24.9 Å². The van der Waals surface area contributed by atoms with Crippen LogP contribution in [0.25, 0.3) is 135 Å². The van der Waals surface area contributed by atoms with Crippen LogP contribution in [0.3, 0.4) is 0 Å². The standard InChI is InChI=1S/C59H35N5O3/c1-3-9-42(10-4-1)58-60-49-34-45(28-31-53(49)66-58)37-17-23-40(24-18-37)56-62-55(39-21-15-36(16-22-39)44-27-30-52-48(33-44)47-13-7-8-14-51(47)65-52)63-57(64-56)41-25-19-38(20-26-41)46-29-32-54-50(35-46)61-59(67-54)43-11-5-2-6-12-43/h1-35H. The molecule has 0 spiro atoms. The quantitative estimate of drug-likeness (QED) is 0.149. The third-order valence-corrected chi connectivity index (χ3v) is 12.3. The van der Waals surface area contributed by atoms with Crippen LogP contribution in [-0.2, 0) is 0 Å². The Morgan fingerprint density at radius 2 is 0.582 bits per heavy atom. The fraction of sp³-hybridized carbons (Fsp3) is 0. The Balaban J connectivity index is 0.844. The van der Waals surface area contributed by atoms with E-state index in [1.807, 2.05) is 97.1 Å². The smallest absolute Gasteiger partial charge is 0.227 e. The van der Waals surface area contributed by atoms with Crippen molar-refractivity contribution >= 4 is 44.1 Å². The molecule has 4 heterocycles. The lowest BCUT2D eigenvalue weighted by molar-refractivity contribution is 0.619. The lowest BCUT2D eigenvalue weighted by atomic mass is 10.0. The minimum atomic E-state index is 0.571. The molecule has 0 atom stereocenters. The number of hydrogen-bond acceptors (Lipinski definition) is 8. The van der Waals surface area contributed by atoms with E-state index in [2.05, 4.69) is 115 Å². The first-order chi connectivity index (χ1) is 33.1. The van der Waals surface area contributed by atoms with Crippen molar-refractivity contribution in [3.05, 3.63) is 212 Å². The van der Waals surface area contributed by atoms with Crippen LogP contribution in [0.15, 0.2) is 226 Å². The number of rotatable bonds is 8. The van der Waals surface area contributed by atoms with Gasteiger partial charge >= 0.3 is 0 Å². The molecule has 8 heteroatoms. The van der Waals surface area contributed by atoms with Gasteiger partial charge in [0.15, 0.2) is 28.6 Å². The fourth-order valence-corrected chi connectivity index (χ4v) is 8.73. The highest BCUT2D eigenvalue weighted by atomic mass is 16.4. The first-order valence-electron chi connectivity index (χ1n) is 22.0. The summed E-state index contributed by atoms with van der Waals surface area (Å²) in [7, 11) is 0. The third-order valence-electron chi connectivity index (χ3n) is 12.3. The van der Waals surface area contributed by atoms with E-state index in [1.54, 1.807) is 0 Å². The van der Waals surface area contributed by atoms with Gasteiger partial charge in [-0.1, -0.05) is 146 Å². The maximum Gasteiger partial charge on any atom is 0.227 e. The number of furan rings is 1. The Morgan fingerprint density at radius 3 is 1.04 bits per heavy atom. The molecule has 0 aliphatic rings. The molecule has 0 bridgehead atoms. The molecule has 0 saturated heterocycles. The minimum absolute atomic E-state index is 0.571. The third kappa shape index (κ3) is 7.10. The highest BCUT2D eigenvalue weighted by Gasteiger charge is 2.16.